The van der Waals surface area contributed by atoms with E-state index in [9.17, 15) is 13.6 Å². The number of amides is 2. The number of rotatable bonds is 3. The fraction of sp³-hybridized carbons (Fsp3) is 0.250. The Bertz CT molecular complexity index is 1000. The minimum atomic E-state index is -0.769. The first kappa shape index (κ1) is 16.6. The average molecular weight is 376 g/mol. The number of nitrogens with zero attached hydrogens (tertiary/aromatic N) is 5. The van der Waals surface area contributed by atoms with Crippen LogP contribution in [0.5, 0.6) is 0 Å². The predicted molar refractivity (Wildman–Crippen MR) is 91.0 cm³/mol. The highest BCUT2D eigenvalue weighted by atomic mass is 32.1. The van der Waals surface area contributed by atoms with Crippen molar-refractivity contribution >= 4 is 17.4 Å². The van der Waals surface area contributed by atoms with Gasteiger partial charge in [0.1, 0.15) is 23.2 Å². The predicted octanol–water partition coefficient (Wildman–Crippen LogP) is 2.67. The van der Waals surface area contributed by atoms with Crippen LogP contribution >= 0.6 is 11.3 Å². The minimum absolute atomic E-state index is 0.0518. The lowest BCUT2D eigenvalue weighted by molar-refractivity contribution is 0.226. The third-order valence-corrected chi connectivity index (χ3v) is 4.80. The van der Waals surface area contributed by atoms with Crippen molar-refractivity contribution in [2.75, 3.05) is 13.6 Å². The van der Waals surface area contributed by atoms with Gasteiger partial charge in [0.2, 0.25) is 5.82 Å². The number of aromatic nitrogens is 4. The van der Waals surface area contributed by atoms with Crippen molar-refractivity contribution in [1.82, 2.24) is 30.0 Å². The van der Waals surface area contributed by atoms with Gasteiger partial charge in [-0.3, -0.25) is 0 Å². The fourth-order valence-corrected chi connectivity index (χ4v) is 3.35. The lowest BCUT2D eigenvalue weighted by Gasteiger charge is -2.11. The van der Waals surface area contributed by atoms with E-state index in [4.69, 9.17) is 0 Å². The Morgan fingerprint density at radius 3 is 2.73 bits per heavy atom. The van der Waals surface area contributed by atoms with Gasteiger partial charge in [-0.2, -0.15) is 0 Å². The number of urea groups is 1. The zero-order valence-electron chi connectivity index (χ0n) is 13.9. The molecule has 3 heterocycles. The van der Waals surface area contributed by atoms with E-state index in [2.05, 4.69) is 20.4 Å². The zero-order chi connectivity index (χ0) is 18.4. The van der Waals surface area contributed by atoms with Crippen LogP contribution in [0.2, 0.25) is 0 Å². The Balaban J connectivity index is 1.85. The smallest absolute Gasteiger partial charge is 0.317 e. The molecule has 0 saturated carbocycles. The highest BCUT2D eigenvalue weighted by Gasteiger charge is 2.32. The van der Waals surface area contributed by atoms with Crippen molar-refractivity contribution in [3.63, 3.8) is 0 Å². The monoisotopic (exact) mass is 376 g/mol. The number of hydrogen-bond donors (Lipinski definition) is 1. The standard InChI is InChI=1S/C16H14F2N6OS/c1-8-19-12(7-26-8)14-21-15(11-6-23(2)16(25)20-11)24(22-14)13-4-3-9(17)5-10(13)18/h3-5,7,11H,6H2,1-2H3,(H,20,25)/t11-/m0/s1. The van der Waals surface area contributed by atoms with Gasteiger partial charge in [0.15, 0.2) is 11.6 Å². The lowest BCUT2D eigenvalue weighted by atomic mass is 10.2. The molecule has 2 amide bonds. The van der Waals surface area contributed by atoms with Crippen molar-refractivity contribution in [2.45, 2.75) is 13.0 Å². The van der Waals surface area contributed by atoms with Crippen molar-refractivity contribution in [1.29, 1.82) is 0 Å². The number of nitrogens with one attached hydrogen (secondary N) is 1. The second kappa shape index (κ2) is 6.13. The van der Waals surface area contributed by atoms with Gasteiger partial charge in [0.05, 0.1) is 5.01 Å². The molecule has 0 radical (unpaired) electrons. The maximum absolute atomic E-state index is 14.3. The van der Waals surface area contributed by atoms with Gasteiger partial charge < -0.3 is 10.2 Å². The molecule has 10 heteroatoms. The molecular formula is C16H14F2N6OS. The van der Waals surface area contributed by atoms with Crippen molar-refractivity contribution < 1.29 is 13.6 Å². The molecule has 26 heavy (non-hydrogen) atoms. The van der Waals surface area contributed by atoms with Crippen molar-refractivity contribution in [2.24, 2.45) is 0 Å². The molecule has 0 bridgehead atoms. The van der Waals surface area contributed by atoms with E-state index >= 15 is 0 Å². The summed E-state index contributed by atoms with van der Waals surface area (Å²) in [4.78, 5) is 22.1. The second-order valence-corrected chi connectivity index (χ2v) is 7.00. The molecule has 1 aliphatic heterocycles. The number of carbonyl (C=O) groups excluding carboxylic acids is 1. The molecule has 1 N–H and O–H groups in total. The molecule has 4 rings (SSSR count). The maximum Gasteiger partial charge on any atom is 0.317 e. The Hall–Kier alpha value is -2.88. The number of thiazole rings is 1. The van der Waals surface area contributed by atoms with Crippen LogP contribution in [0.1, 0.15) is 16.9 Å². The number of benzene rings is 1. The van der Waals surface area contributed by atoms with E-state index < -0.39 is 17.7 Å². The number of carbonyl (C=O) groups is 1. The topological polar surface area (TPSA) is 75.9 Å². The van der Waals surface area contributed by atoms with Crippen molar-refractivity contribution in [3.8, 4) is 17.2 Å². The van der Waals surface area contributed by atoms with Gasteiger partial charge >= 0.3 is 6.03 Å². The van der Waals surface area contributed by atoms with Gasteiger partial charge in [-0.25, -0.2) is 28.2 Å². The molecule has 1 saturated heterocycles. The second-order valence-electron chi connectivity index (χ2n) is 5.94. The van der Waals surface area contributed by atoms with Crippen LogP contribution in [-0.4, -0.2) is 44.3 Å². The Labute approximate surface area is 151 Å². The summed E-state index contributed by atoms with van der Waals surface area (Å²) in [6.45, 7) is 2.22. The first-order chi connectivity index (χ1) is 12.4. The summed E-state index contributed by atoms with van der Waals surface area (Å²) in [6.07, 6.45) is 0. The van der Waals surface area contributed by atoms with Crippen LogP contribution in [0.15, 0.2) is 23.6 Å². The molecule has 1 aliphatic rings. The van der Waals surface area contributed by atoms with E-state index in [1.165, 1.54) is 27.0 Å². The summed E-state index contributed by atoms with van der Waals surface area (Å²) in [6, 6.07) is 2.50. The summed E-state index contributed by atoms with van der Waals surface area (Å²) < 4.78 is 28.9. The van der Waals surface area contributed by atoms with E-state index in [1.807, 2.05) is 6.92 Å². The van der Waals surface area contributed by atoms with E-state index in [-0.39, 0.29) is 11.7 Å². The minimum Gasteiger partial charge on any atom is -0.326 e. The molecule has 0 spiro atoms. The maximum atomic E-state index is 14.3. The van der Waals surface area contributed by atoms with E-state index in [0.717, 1.165) is 17.1 Å². The number of halogens is 2. The van der Waals surface area contributed by atoms with Crippen LogP contribution in [-0.2, 0) is 0 Å². The molecule has 1 atom stereocenters. The van der Waals surface area contributed by atoms with Crippen LogP contribution in [0.25, 0.3) is 17.2 Å². The lowest BCUT2D eigenvalue weighted by Crippen LogP contribution is -2.24. The number of hydrogen-bond acceptors (Lipinski definition) is 5. The first-order valence-electron chi connectivity index (χ1n) is 7.79. The summed E-state index contributed by atoms with van der Waals surface area (Å²) >= 11 is 1.45. The van der Waals surface area contributed by atoms with Crippen LogP contribution in [0.3, 0.4) is 0 Å². The highest BCUT2D eigenvalue weighted by molar-refractivity contribution is 7.09. The van der Waals surface area contributed by atoms with Crippen LogP contribution in [0, 0.1) is 18.6 Å². The van der Waals surface area contributed by atoms with Gasteiger partial charge in [-0.15, -0.1) is 16.4 Å². The van der Waals surface area contributed by atoms with E-state index in [1.54, 1.807) is 12.4 Å². The molecule has 134 valence electrons. The largest absolute Gasteiger partial charge is 0.326 e. The summed E-state index contributed by atoms with van der Waals surface area (Å²) in [5.74, 6) is -0.780. The summed E-state index contributed by atoms with van der Waals surface area (Å²) in [5, 5.41) is 9.80. The number of likely N-dealkylation sites (N-methyl/N-ethyl adjacent to an activating group) is 1. The molecule has 0 aliphatic carbocycles. The first-order valence-corrected chi connectivity index (χ1v) is 8.67. The average Bonchev–Trinajstić information content (AvgIpc) is 3.27. The molecule has 3 aromatic rings. The zero-order valence-corrected chi connectivity index (χ0v) is 14.7. The molecule has 2 aromatic heterocycles. The summed E-state index contributed by atoms with van der Waals surface area (Å²) in [7, 11) is 1.65. The number of aryl methyl sites for hydroxylation is 1. The van der Waals surface area contributed by atoms with Crippen LogP contribution in [0.4, 0.5) is 13.6 Å². The fourth-order valence-electron chi connectivity index (χ4n) is 2.76. The molecule has 1 fully saturated rings. The molecule has 7 nitrogen and oxygen atoms in total. The third kappa shape index (κ3) is 2.81. The Kier molecular flexibility index (Phi) is 3.91. The van der Waals surface area contributed by atoms with Gasteiger partial charge in [-0.1, -0.05) is 0 Å². The normalized spacial score (nSPS) is 17.0. The quantitative estimate of drug-likeness (QED) is 0.763. The molecular weight excluding hydrogens is 362 g/mol. The Morgan fingerprint density at radius 2 is 2.12 bits per heavy atom. The Morgan fingerprint density at radius 1 is 1.31 bits per heavy atom. The molecule has 0 unspecified atom stereocenters. The van der Waals surface area contributed by atoms with Gasteiger partial charge in [0, 0.05) is 25.0 Å². The SMILES string of the molecule is Cc1nc(-c2nc([C@@H]3CN(C)C(=O)N3)n(-c3ccc(F)cc3F)n2)cs1. The van der Waals surface area contributed by atoms with E-state index in [0.29, 0.717) is 23.9 Å². The third-order valence-electron chi connectivity index (χ3n) is 4.03. The van der Waals surface area contributed by atoms with Crippen LogP contribution < -0.4 is 5.32 Å². The van der Waals surface area contributed by atoms with Gasteiger partial charge in [0.25, 0.3) is 0 Å². The summed E-state index contributed by atoms with van der Waals surface area (Å²) in [5.41, 5.74) is 0.614. The molecule has 1 aromatic carbocycles. The van der Waals surface area contributed by atoms with Gasteiger partial charge in [-0.05, 0) is 19.1 Å². The highest BCUT2D eigenvalue weighted by Crippen LogP contribution is 2.26. The van der Waals surface area contributed by atoms with Crippen molar-refractivity contribution in [3.05, 3.63) is 46.0 Å².